The molecule has 6 nitrogen and oxygen atoms in total. The SMILES string of the molecule is CC1CN(C(=O)OC(C)(C)C)CC2(C1)NCCc1[nH]cnc12. The summed E-state index contributed by atoms with van der Waals surface area (Å²) in [6, 6.07) is 0. The van der Waals surface area contributed by atoms with Crippen LogP contribution in [0.15, 0.2) is 6.33 Å². The topological polar surface area (TPSA) is 70.2 Å². The normalized spacial score (nSPS) is 28.5. The number of imidazole rings is 1. The molecular weight excluding hydrogens is 280 g/mol. The highest BCUT2D eigenvalue weighted by molar-refractivity contribution is 5.68. The molecule has 2 atom stereocenters. The monoisotopic (exact) mass is 306 g/mol. The number of carbonyl (C=O) groups is 1. The molecule has 2 unspecified atom stereocenters. The first-order valence-electron chi connectivity index (χ1n) is 8.05. The number of amides is 1. The second-order valence-electron chi connectivity index (χ2n) is 7.66. The van der Waals surface area contributed by atoms with Gasteiger partial charge in [0.15, 0.2) is 0 Å². The molecule has 122 valence electrons. The predicted octanol–water partition coefficient (Wildman–Crippen LogP) is 2.03. The van der Waals surface area contributed by atoms with E-state index in [2.05, 4.69) is 22.2 Å². The minimum atomic E-state index is -0.470. The summed E-state index contributed by atoms with van der Waals surface area (Å²) in [4.78, 5) is 22.1. The lowest BCUT2D eigenvalue weighted by Gasteiger charge is -2.47. The maximum absolute atomic E-state index is 12.5. The molecule has 3 heterocycles. The minimum Gasteiger partial charge on any atom is -0.444 e. The third kappa shape index (κ3) is 2.84. The molecule has 2 aliphatic heterocycles. The third-order valence-corrected chi connectivity index (χ3v) is 4.35. The molecule has 1 aromatic heterocycles. The Hall–Kier alpha value is -1.56. The van der Waals surface area contributed by atoms with Gasteiger partial charge in [-0.05, 0) is 33.1 Å². The van der Waals surface area contributed by atoms with Gasteiger partial charge in [-0.15, -0.1) is 0 Å². The van der Waals surface area contributed by atoms with E-state index in [1.807, 2.05) is 25.7 Å². The van der Waals surface area contributed by atoms with Crippen molar-refractivity contribution >= 4 is 6.09 Å². The van der Waals surface area contributed by atoms with Crippen molar-refractivity contribution in [1.82, 2.24) is 20.2 Å². The van der Waals surface area contributed by atoms with E-state index < -0.39 is 5.60 Å². The van der Waals surface area contributed by atoms with Crippen molar-refractivity contribution in [2.24, 2.45) is 5.92 Å². The summed E-state index contributed by atoms with van der Waals surface area (Å²) in [7, 11) is 0. The molecule has 1 fully saturated rings. The number of hydrogen-bond donors (Lipinski definition) is 2. The van der Waals surface area contributed by atoms with Crippen LogP contribution in [-0.2, 0) is 16.7 Å². The number of aromatic amines is 1. The number of nitrogens with one attached hydrogen (secondary N) is 2. The Bertz CT molecular complexity index is 563. The van der Waals surface area contributed by atoms with Gasteiger partial charge in [0.2, 0.25) is 0 Å². The fourth-order valence-corrected chi connectivity index (χ4v) is 3.69. The van der Waals surface area contributed by atoms with Crippen molar-refractivity contribution in [3.63, 3.8) is 0 Å². The van der Waals surface area contributed by atoms with E-state index in [-0.39, 0.29) is 11.6 Å². The summed E-state index contributed by atoms with van der Waals surface area (Å²) in [5.41, 5.74) is 1.54. The van der Waals surface area contributed by atoms with Crippen LogP contribution in [-0.4, -0.2) is 46.2 Å². The quantitative estimate of drug-likeness (QED) is 0.769. The molecule has 1 aromatic rings. The van der Waals surface area contributed by atoms with Crippen LogP contribution >= 0.6 is 0 Å². The Labute approximate surface area is 131 Å². The number of carbonyl (C=O) groups excluding carboxylic acids is 1. The Kier molecular flexibility index (Phi) is 3.67. The fourth-order valence-electron chi connectivity index (χ4n) is 3.69. The number of ether oxygens (including phenoxy) is 1. The molecule has 2 aliphatic rings. The van der Waals surface area contributed by atoms with Crippen LogP contribution in [0.3, 0.4) is 0 Å². The van der Waals surface area contributed by atoms with Gasteiger partial charge >= 0.3 is 6.09 Å². The van der Waals surface area contributed by atoms with E-state index in [4.69, 9.17) is 4.74 Å². The smallest absolute Gasteiger partial charge is 0.410 e. The number of aromatic nitrogens is 2. The average Bonchev–Trinajstić information content (AvgIpc) is 2.86. The highest BCUT2D eigenvalue weighted by Crippen LogP contribution is 2.37. The van der Waals surface area contributed by atoms with Crippen molar-refractivity contribution in [2.75, 3.05) is 19.6 Å². The third-order valence-electron chi connectivity index (χ3n) is 4.35. The maximum Gasteiger partial charge on any atom is 0.410 e. The first-order valence-corrected chi connectivity index (χ1v) is 8.05. The molecule has 2 N–H and O–H groups in total. The van der Waals surface area contributed by atoms with Gasteiger partial charge in [-0.2, -0.15) is 0 Å². The highest BCUT2D eigenvalue weighted by atomic mass is 16.6. The van der Waals surface area contributed by atoms with Crippen LogP contribution in [0.5, 0.6) is 0 Å². The molecular formula is C16H26N4O2. The van der Waals surface area contributed by atoms with Crippen LogP contribution < -0.4 is 5.32 Å². The van der Waals surface area contributed by atoms with Crippen LogP contribution in [0.1, 0.15) is 45.5 Å². The Morgan fingerprint density at radius 2 is 2.27 bits per heavy atom. The van der Waals surface area contributed by atoms with Crippen LogP contribution in [0.4, 0.5) is 4.79 Å². The maximum atomic E-state index is 12.5. The van der Waals surface area contributed by atoms with Gasteiger partial charge < -0.3 is 19.9 Å². The summed E-state index contributed by atoms with van der Waals surface area (Å²) in [5.74, 6) is 0.399. The van der Waals surface area contributed by atoms with Gasteiger partial charge in [-0.3, -0.25) is 0 Å². The van der Waals surface area contributed by atoms with Crippen LogP contribution in [0.2, 0.25) is 0 Å². The number of H-pyrrole nitrogens is 1. The second kappa shape index (κ2) is 5.26. The molecule has 6 heteroatoms. The van der Waals surface area contributed by atoms with Crippen molar-refractivity contribution in [2.45, 2.75) is 51.7 Å². The summed E-state index contributed by atoms with van der Waals surface area (Å²) in [6.45, 7) is 10.1. The van der Waals surface area contributed by atoms with E-state index in [9.17, 15) is 4.79 Å². The Morgan fingerprint density at radius 3 is 3.00 bits per heavy atom. The lowest BCUT2D eigenvalue weighted by atomic mass is 9.78. The zero-order valence-electron chi connectivity index (χ0n) is 13.9. The standard InChI is InChI=1S/C16H26N4O2/c1-11-7-16(13-12(5-6-19-16)17-10-18-13)9-20(8-11)14(21)22-15(2,3)4/h10-11,19H,5-9H2,1-4H3,(H,17,18). The molecule has 0 saturated carbocycles. The minimum absolute atomic E-state index is 0.233. The summed E-state index contributed by atoms with van der Waals surface area (Å²) >= 11 is 0. The van der Waals surface area contributed by atoms with Crippen LogP contribution in [0, 0.1) is 5.92 Å². The first kappa shape index (κ1) is 15.3. The van der Waals surface area contributed by atoms with Crippen molar-refractivity contribution in [3.8, 4) is 0 Å². The molecule has 22 heavy (non-hydrogen) atoms. The van der Waals surface area contributed by atoms with Gasteiger partial charge in [-0.1, -0.05) is 6.92 Å². The largest absolute Gasteiger partial charge is 0.444 e. The van der Waals surface area contributed by atoms with Gasteiger partial charge in [-0.25, -0.2) is 9.78 Å². The van der Waals surface area contributed by atoms with Crippen molar-refractivity contribution in [3.05, 3.63) is 17.7 Å². The Morgan fingerprint density at radius 1 is 1.50 bits per heavy atom. The van der Waals surface area contributed by atoms with Gasteiger partial charge in [0.05, 0.1) is 17.6 Å². The molecule has 1 saturated heterocycles. The average molecular weight is 306 g/mol. The fraction of sp³-hybridized carbons (Fsp3) is 0.750. The Balaban J connectivity index is 1.85. The second-order valence-corrected chi connectivity index (χ2v) is 7.66. The number of hydrogen-bond acceptors (Lipinski definition) is 4. The molecule has 0 aliphatic carbocycles. The van der Waals surface area contributed by atoms with Gasteiger partial charge in [0.25, 0.3) is 0 Å². The lowest BCUT2D eigenvalue weighted by molar-refractivity contribution is 0.00109. The zero-order valence-corrected chi connectivity index (χ0v) is 13.9. The molecule has 0 aromatic carbocycles. The van der Waals surface area contributed by atoms with Gasteiger partial charge in [0, 0.05) is 31.7 Å². The zero-order chi connectivity index (χ0) is 16.0. The molecule has 1 amide bonds. The molecule has 0 radical (unpaired) electrons. The summed E-state index contributed by atoms with van der Waals surface area (Å²) < 4.78 is 5.56. The van der Waals surface area contributed by atoms with E-state index in [1.54, 1.807) is 6.33 Å². The van der Waals surface area contributed by atoms with E-state index in [0.717, 1.165) is 31.6 Å². The molecule has 1 spiro atoms. The molecule has 0 bridgehead atoms. The van der Waals surface area contributed by atoms with E-state index >= 15 is 0 Å². The number of likely N-dealkylation sites (tertiary alicyclic amines) is 1. The number of nitrogens with zero attached hydrogens (tertiary/aromatic N) is 2. The van der Waals surface area contributed by atoms with E-state index in [1.165, 1.54) is 5.69 Å². The van der Waals surface area contributed by atoms with Gasteiger partial charge in [0.1, 0.15) is 5.60 Å². The summed E-state index contributed by atoms with van der Waals surface area (Å²) in [5, 5.41) is 3.62. The molecule has 3 rings (SSSR count). The number of fused-ring (bicyclic) bond motifs is 2. The van der Waals surface area contributed by atoms with Crippen LogP contribution in [0.25, 0.3) is 0 Å². The van der Waals surface area contributed by atoms with Crippen molar-refractivity contribution < 1.29 is 9.53 Å². The first-order chi connectivity index (χ1) is 10.3. The van der Waals surface area contributed by atoms with Crippen molar-refractivity contribution in [1.29, 1.82) is 0 Å². The van der Waals surface area contributed by atoms with E-state index in [0.29, 0.717) is 12.5 Å². The highest BCUT2D eigenvalue weighted by Gasteiger charge is 2.46. The number of piperidine rings is 1. The summed E-state index contributed by atoms with van der Waals surface area (Å²) in [6.07, 6.45) is 3.47. The lowest BCUT2D eigenvalue weighted by Crippen LogP contribution is -2.60. The predicted molar refractivity (Wildman–Crippen MR) is 83.6 cm³/mol. The number of rotatable bonds is 0.